The first-order valence-electron chi connectivity index (χ1n) is 9.47. The fourth-order valence-corrected chi connectivity index (χ4v) is 6.71. The quantitative estimate of drug-likeness (QED) is 0.783. The molecule has 1 atom stereocenters. The fraction of sp³-hybridized carbons (Fsp3) is 0.526. The van der Waals surface area contributed by atoms with Gasteiger partial charge in [-0.3, -0.25) is 4.79 Å². The van der Waals surface area contributed by atoms with Crippen LogP contribution in [0.1, 0.15) is 53.2 Å². The average molecular weight is 408 g/mol. The number of aromatic nitrogens is 1. The van der Waals surface area contributed by atoms with Crippen molar-refractivity contribution in [3.8, 4) is 0 Å². The van der Waals surface area contributed by atoms with Crippen molar-refractivity contribution in [1.29, 1.82) is 0 Å². The largest absolute Gasteiger partial charge is 0.345 e. The third kappa shape index (κ3) is 3.13. The van der Waals surface area contributed by atoms with Gasteiger partial charge in [0, 0.05) is 37.8 Å². The molecule has 0 radical (unpaired) electrons. The van der Waals surface area contributed by atoms with Gasteiger partial charge in [0.25, 0.3) is 5.91 Å². The summed E-state index contributed by atoms with van der Waals surface area (Å²) >= 11 is 1.75. The Morgan fingerprint density at radius 1 is 1.26 bits per heavy atom. The lowest BCUT2D eigenvalue weighted by Gasteiger charge is -2.35. The Hall–Kier alpha value is -1.64. The van der Waals surface area contributed by atoms with E-state index < -0.39 is 10.0 Å². The van der Waals surface area contributed by atoms with Crippen LogP contribution < -0.4 is 0 Å². The molecule has 0 saturated carbocycles. The molecule has 0 aromatic carbocycles. The van der Waals surface area contributed by atoms with Crippen LogP contribution in [0, 0.1) is 0 Å². The van der Waals surface area contributed by atoms with Crippen molar-refractivity contribution >= 4 is 27.3 Å². The van der Waals surface area contributed by atoms with E-state index in [1.54, 1.807) is 35.2 Å². The van der Waals surface area contributed by atoms with E-state index in [2.05, 4.69) is 18.4 Å². The molecule has 146 valence electrons. The highest BCUT2D eigenvalue weighted by Gasteiger charge is 2.34. The van der Waals surface area contributed by atoms with E-state index in [0.717, 1.165) is 25.7 Å². The molecule has 1 fully saturated rings. The Balaban J connectivity index is 1.64. The van der Waals surface area contributed by atoms with Crippen molar-refractivity contribution < 1.29 is 13.2 Å². The highest BCUT2D eigenvalue weighted by atomic mass is 32.2. The average Bonchev–Trinajstić information content (AvgIpc) is 3.39. The van der Waals surface area contributed by atoms with Crippen LogP contribution in [0.15, 0.2) is 28.6 Å². The van der Waals surface area contributed by atoms with Gasteiger partial charge in [0.1, 0.15) is 10.6 Å². The molecule has 1 unspecified atom stereocenters. The smallest absolute Gasteiger partial charge is 0.271 e. The molecule has 2 aromatic heterocycles. The molecule has 1 saturated heterocycles. The fourth-order valence-electron chi connectivity index (χ4n) is 4.19. The van der Waals surface area contributed by atoms with Gasteiger partial charge in [-0.25, -0.2) is 8.42 Å². The molecular weight excluding hydrogens is 382 g/mol. The van der Waals surface area contributed by atoms with E-state index >= 15 is 0 Å². The lowest BCUT2D eigenvalue weighted by molar-refractivity contribution is 0.0647. The number of carbonyl (C=O) groups excluding carboxylic acids is 1. The second-order valence-corrected chi connectivity index (χ2v) is 10.2. The summed E-state index contributed by atoms with van der Waals surface area (Å²) in [5.74, 6) is -0.0935. The van der Waals surface area contributed by atoms with E-state index in [-0.39, 0.29) is 16.8 Å². The third-order valence-electron chi connectivity index (χ3n) is 5.64. The number of aryl methyl sites for hydroxylation is 1. The summed E-state index contributed by atoms with van der Waals surface area (Å²) in [5.41, 5.74) is 1.67. The molecule has 4 rings (SSSR count). The standard InChI is InChI=1S/C19H25N3O3S2/c1-3-16-15-7-11-26-18(15)6-10-22(16)19(23)17-12-14(13-20(17)2)27(24,25)21-8-4-5-9-21/h7,11-13,16H,3-6,8-10H2,1-2H3. The molecule has 0 N–H and O–H groups in total. The summed E-state index contributed by atoms with van der Waals surface area (Å²) in [5, 5.41) is 2.09. The van der Waals surface area contributed by atoms with Gasteiger partial charge in [0.2, 0.25) is 10.0 Å². The molecule has 4 heterocycles. The van der Waals surface area contributed by atoms with Gasteiger partial charge in [-0.05, 0) is 48.8 Å². The minimum atomic E-state index is -3.52. The summed E-state index contributed by atoms with van der Waals surface area (Å²) in [7, 11) is -1.77. The van der Waals surface area contributed by atoms with Crippen molar-refractivity contribution in [2.24, 2.45) is 7.05 Å². The second-order valence-electron chi connectivity index (χ2n) is 7.25. The molecule has 1 amide bonds. The highest BCUT2D eigenvalue weighted by molar-refractivity contribution is 7.89. The molecule has 8 heteroatoms. The first-order chi connectivity index (χ1) is 12.9. The van der Waals surface area contributed by atoms with Crippen molar-refractivity contribution in [2.75, 3.05) is 19.6 Å². The molecule has 6 nitrogen and oxygen atoms in total. The highest BCUT2D eigenvalue weighted by Crippen LogP contribution is 2.36. The molecule has 2 aliphatic heterocycles. The number of nitrogens with zero attached hydrogens (tertiary/aromatic N) is 3. The van der Waals surface area contributed by atoms with Gasteiger partial charge >= 0.3 is 0 Å². The molecular formula is C19H25N3O3S2. The van der Waals surface area contributed by atoms with E-state index in [1.165, 1.54) is 14.7 Å². The van der Waals surface area contributed by atoms with E-state index in [9.17, 15) is 13.2 Å². The topological polar surface area (TPSA) is 62.6 Å². The van der Waals surface area contributed by atoms with Crippen LogP contribution >= 0.6 is 11.3 Å². The first-order valence-corrected chi connectivity index (χ1v) is 11.8. The Labute approximate surface area is 164 Å². The lowest BCUT2D eigenvalue weighted by Crippen LogP contribution is -2.40. The van der Waals surface area contributed by atoms with Gasteiger partial charge in [-0.15, -0.1) is 11.3 Å². The Bertz CT molecular complexity index is 955. The Morgan fingerprint density at radius 3 is 2.70 bits per heavy atom. The summed E-state index contributed by atoms with van der Waals surface area (Å²) in [6, 6.07) is 3.72. The molecule has 2 aromatic rings. The number of rotatable bonds is 4. The van der Waals surface area contributed by atoms with Crippen LogP contribution in [0.3, 0.4) is 0 Å². The SMILES string of the molecule is CCC1c2ccsc2CCN1C(=O)c1cc(S(=O)(=O)N2CCCC2)cn1C. The zero-order valence-electron chi connectivity index (χ0n) is 15.7. The van der Waals surface area contributed by atoms with E-state index in [0.29, 0.717) is 25.3 Å². The van der Waals surface area contributed by atoms with Crippen molar-refractivity contribution in [1.82, 2.24) is 13.8 Å². The Kier molecular flexibility index (Phi) is 4.90. The molecule has 0 aliphatic carbocycles. The summed E-state index contributed by atoms with van der Waals surface area (Å²) in [6.45, 7) is 3.88. The molecule has 2 aliphatic rings. The second kappa shape index (κ2) is 7.07. The maximum atomic E-state index is 13.3. The molecule has 0 spiro atoms. The van der Waals surface area contributed by atoms with Gasteiger partial charge in [-0.1, -0.05) is 6.92 Å². The Morgan fingerprint density at radius 2 is 2.00 bits per heavy atom. The van der Waals surface area contributed by atoms with Crippen LogP contribution in [-0.2, 0) is 23.5 Å². The normalized spacial score (nSPS) is 20.8. The number of fused-ring (bicyclic) bond motifs is 1. The first kappa shape index (κ1) is 18.7. The van der Waals surface area contributed by atoms with Crippen molar-refractivity contribution in [3.63, 3.8) is 0 Å². The summed E-state index contributed by atoms with van der Waals surface area (Å²) in [6.07, 6.45) is 5.07. The minimum Gasteiger partial charge on any atom is -0.345 e. The lowest BCUT2D eigenvalue weighted by atomic mass is 9.97. The number of hydrogen-bond donors (Lipinski definition) is 0. The molecule has 0 bridgehead atoms. The summed E-state index contributed by atoms with van der Waals surface area (Å²) in [4.78, 5) is 16.8. The van der Waals surface area contributed by atoms with Gasteiger partial charge in [0.05, 0.1) is 6.04 Å². The maximum Gasteiger partial charge on any atom is 0.271 e. The van der Waals surface area contributed by atoms with Gasteiger partial charge < -0.3 is 9.47 Å². The number of thiophene rings is 1. The zero-order valence-corrected chi connectivity index (χ0v) is 17.4. The minimum absolute atomic E-state index is 0.0565. The number of carbonyl (C=O) groups is 1. The van der Waals surface area contributed by atoms with E-state index in [4.69, 9.17) is 0 Å². The number of amides is 1. The van der Waals surface area contributed by atoms with Crippen LogP contribution in [-0.4, -0.2) is 47.7 Å². The van der Waals surface area contributed by atoms with Gasteiger partial charge in [0.15, 0.2) is 0 Å². The monoisotopic (exact) mass is 407 g/mol. The predicted molar refractivity (Wildman–Crippen MR) is 105 cm³/mol. The third-order valence-corrected chi connectivity index (χ3v) is 8.50. The van der Waals surface area contributed by atoms with E-state index in [1.807, 2.05) is 4.90 Å². The van der Waals surface area contributed by atoms with Crippen LogP contribution in [0.2, 0.25) is 0 Å². The van der Waals surface area contributed by atoms with Gasteiger partial charge in [-0.2, -0.15) is 4.31 Å². The number of hydrogen-bond acceptors (Lipinski definition) is 4. The van der Waals surface area contributed by atoms with Crippen molar-refractivity contribution in [2.45, 2.75) is 43.5 Å². The van der Waals surface area contributed by atoms with Crippen LogP contribution in [0.4, 0.5) is 0 Å². The molecule has 27 heavy (non-hydrogen) atoms. The zero-order chi connectivity index (χ0) is 19.2. The predicted octanol–water partition coefficient (Wildman–Crippen LogP) is 3.02. The maximum absolute atomic E-state index is 13.3. The van der Waals surface area contributed by atoms with Crippen LogP contribution in [0.5, 0.6) is 0 Å². The van der Waals surface area contributed by atoms with Crippen molar-refractivity contribution in [3.05, 3.63) is 39.8 Å². The summed E-state index contributed by atoms with van der Waals surface area (Å²) < 4.78 is 28.8. The number of sulfonamides is 1. The van der Waals surface area contributed by atoms with Crippen LogP contribution in [0.25, 0.3) is 0 Å².